The van der Waals surface area contributed by atoms with Gasteiger partial charge in [-0.25, -0.2) is 8.42 Å². The highest BCUT2D eigenvalue weighted by Crippen LogP contribution is 2.18. The number of hydrogen-bond donors (Lipinski definition) is 0. The van der Waals surface area contributed by atoms with Crippen molar-refractivity contribution < 1.29 is 8.42 Å². The van der Waals surface area contributed by atoms with E-state index >= 15 is 0 Å². The molecule has 0 bridgehead atoms. The zero-order valence-corrected chi connectivity index (χ0v) is 14.3. The highest BCUT2D eigenvalue weighted by atomic mass is 79.9. The van der Waals surface area contributed by atoms with Crippen molar-refractivity contribution in [2.75, 3.05) is 39.0 Å². The van der Waals surface area contributed by atoms with Crippen LogP contribution in [0.15, 0.2) is 33.6 Å². The molecule has 0 amide bonds. The van der Waals surface area contributed by atoms with Crippen molar-refractivity contribution in [2.45, 2.75) is 17.9 Å². The summed E-state index contributed by atoms with van der Waals surface area (Å²) in [5.41, 5.74) is 0. The number of nitrogens with zero attached hydrogens (tertiary/aromatic N) is 2. The summed E-state index contributed by atoms with van der Waals surface area (Å²) in [7, 11) is -1.12. The van der Waals surface area contributed by atoms with E-state index in [0.717, 1.165) is 30.7 Å². The molecular formula is C14H21BrN2O2S. The lowest BCUT2D eigenvalue weighted by Crippen LogP contribution is -2.49. The lowest BCUT2D eigenvalue weighted by Gasteiger charge is -2.36. The van der Waals surface area contributed by atoms with Gasteiger partial charge in [-0.05, 0) is 38.2 Å². The Balaban J connectivity index is 2.02. The van der Waals surface area contributed by atoms with Gasteiger partial charge in [-0.15, -0.1) is 0 Å². The van der Waals surface area contributed by atoms with Gasteiger partial charge in [0.05, 0.1) is 10.6 Å². The molecule has 1 unspecified atom stereocenters. The minimum absolute atomic E-state index is 0.0531. The summed E-state index contributed by atoms with van der Waals surface area (Å²) < 4.78 is 25.7. The summed E-state index contributed by atoms with van der Waals surface area (Å²) in [6.07, 6.45) is 0. The maximum absolute atomic E-state index is 12.4. The van der Waals surface area contributed by atoms with E-state index in [1.54, 1.807) is 24.3 Å². The van der Waals surface area contributed by atoms with Crippen molar-refractivity contribution in [3.63, 3.8) is 0 Å². The van der Waals surface area contributed by atoms with Crippen LogP contribution >= 0.6 is 15.9 Å². The number of halogens is 1. The van der Waals surface area contributed by atoms with Gasteiger partial charge in [0.1, 0.15) is 0 Å². The number of rotatable bonds is 4. The largest absolute Gasteiger partial charge is 0.304 e. The van der Waals surface area contributed by atoms with Gasteiger partial charge in [-0.2, -0.15) is 0 Å². The van der Waals surface area contributed by atoms with Gasteiger partial charge in [0.15, 0.2) is 9.84 Å². The van der Waals surface area contributed by atoms with Gasteiger partial charge in [0.2, 0.25) is 0 Å². The molecule has 0 aromatic heterocycles. The average Bonchev–Trinajstić information content (AvgIpc) is 2.39. The maximum Gasteiger partial charge on any atom is 0.179 e. The first kappa shape index (κ1) is 15.9. The van der Waals surface area contributed by atoms with E-state index in [2.05, 4.69) is 32.8 Å². The summed E-state index contributed by atoms with van der Waals surface area (Å²) in [5, 5.41) is 0. The third kappa shape index (κ3) is 4.04. The van der Waals surface area contributed by atoms with Crippen LogP contribution in [0.5, 0.6) is 0 Å². The number of sulfone groups is 1. The first-order valence-corrected chi connectivity index (χ1v) is 9.24. The van der Waals surface area contributed by atoms with Crippen LogP contribution in [-0.4, -0.2) is 63.2 Å². The van der Waals surface area contributed by atoms with Gasteiger partial charge >= 0.3 is 0 Å². The quantitative estimate of drug-likeness (QED) is 0.821. The third-order valence-electron chi connectivity index (χ3n) is 3.79. The van der Waals surface area contributed by atoms with E-state index in [-0.39, 0.29) is 11.8 Å². The monoisotopic (exact) mass is 360 g/mol. The molecule has 1 aromatic rings. The zero-order valence-electron chi connectivity index (χ0n) is 11.9. The molecule has 2 rings (SSSR count). The molecule has 6 heteroatoms. The Labute approximate surface area is 129 Å². The minimum Gasteiger partial charge on any atom is -0.304 e. The minimum atomic E-state index is -3.22. The molecule has 1 aliphatic rings. The predicted molar refractivity (Wildman–Crippen MR) is 84.7 cm³/mol. The standard InChI is InChI=1S/C14H21BrN2O2S/c1-12(17-9-7-16(2)8-10-17)11-20(18,19)14-5-3-13(15)4-6-14/h3-6,12H,7-11H2,1-2H3. The Kier molecular flexibility index (Phi) is 5.23. The van der Waals surface area contributed by atoms with E-state index in [4.69, 9.17) is 0 Å². The molecule has 0 saturated carbocycles. The van der Waals surface area contributed by atoms with Crippen LogP contribution in [0, 0.1) is 0 Å². The van der Waals surface area contributed by atoms with Crippen molar-refractivity contribution in [1.82, 2.24) is 9.80 Å². The highest BCUT2D eigenvalue weighted by molar-refractivity contribution is 9.10. The van der Waals surface area contributed by atoms with E-state index in [9.17, 15) is 8.42 Å². The average molecular weight is 361 g/mol. The van der Waals surface area contributed by atoms with Crippen LogP contribution < -0.4 is 0 Å². The fourth-order valence-electron chi connectivity index (χ4n) is 2.42. The molecule has 0 radical (unpaired) electrons. The summed E-state index contributed by atoms with van der Waals surface area (Å²) in [4.78, 5) is 4.93. The van der Waals surface area contributed by atoms with Gasteiger partial charge in [-0.1, -0.05) is 15.9 Å². The topological polar surface area (TPSA) is 40.6 Å². The van der Waals surface area contributed by atoms with E-state index in [1.165, 1.54) is 0 Å². The molecule has 20 heavy (non-hydrogen) atoms. The molecule has 0 spiro atoms. The second-order valence-corrected chi connectivity index (χ2v) is 8.37. The summed E-state index contributed by atoms with van der Waals surface area (Å²) >= 11 is 3.32. The Bertz CT molecular complexity index is 537. The second-order valence-electron chi connectivity index (χ2n) is 5.42. The van der Waals surface area contributed by atoms with Gasteiger partial charge in [0, 0.05) is 36.7 Å². The fourth-order valence-corrected chi connectivity index (χ4v) is 4.28. The molecule has 1 saturated heterocycles. The second kappa shape index (κ2) is 6.56. The fraction of sp³-hybridized carbons (Fsp3) is 0.571. The highest BCUT2D eigenvalue weighted by Gasteiger charge is 2.25. The molecule has 1 atom stereocenters. The number of benzene rings is 1. The predicted octanol–water partition coefficient (Wildman–Crippen LogP) is 1.86. The summed E-state index contributed by atoms with van der Waals surface area (Å²) in [6.45, 7) is 5.88. The molecule has 0 aliphatic carbocycles. The van der Waals surface area contributed by atoms with Crippen LogP contribution in [-0.2, 0) is 9.84 Å². The Morgan fingerprint density at radius 3 is 2.25 bits per heavy atom. The van der Waals surface area contributed by atoms with Crippen LogP contribution in [0.4, 0.5) is 0 Å². The SMILES string of the molecule is CC(CS(=O)(=O)c1ccc(Br)cc1)N1CCN(C)CC1. The lowest BCUT2D eigenvalue weighted by atomic mass is 10.2. The first-order valence-electron chi connectivity index (χ1n) is 6.79. The molecule has 112 valence electrons. The summed E-state index contributed by atoms with van der Waals surface area (Å²) in [6, 6.07) is 6.92. The van der Waals surface area contributed by atoms with Crippen molar-refractivity contribution in [3.05, 3.63) is 28.7 Å². The Hall–Kier alpha value is -0.430. The lowest BCUT2D eigenvalue weighted by molar-refractivity contribution is 0.127. The van der Waals surface area contributed by atoms with Crippen molar-refractivity contribution >= 4 is 25.8 Å². The van der Waals surface area contributed by atoms with Crippen molar-refractivity contribution in [1.29, 1.82) is 0 Å². The van der Waals surface area contributed by atoms with E-state index in [1.807, 2.05) is 6.92 Å². The van der Waals surface area contributed by atoms with E-state index in [0.29, 0.717) is 4.90 Å². The van der Waals surface area contributed by atoms with Gasteiger partial charge in [0.25, 0.3) is 0 Å². The normalized spacial score (nSPS) is 19.9. The van der Waals surface area contributed by atoms with Gasteiger partial charge in [-0.3, -0.25) is 4.90 Å². The van der Waals surface area contributed by atoms with Crippen molar-refractivity contribution in [2.24, 2.45) is 0 Å². The molecule has 1 fully saturated rings. The van der Waals surface area contributed by atoms with Crippen LogP contribution in [0.2, 0.25) is 0 Å². The molecule has 1 aromatic carbocycles. The summed E-state index contributed by atoms with van der Waals surface area (Å²) in [5.74, 6) is 0.179. The molecule has 1 heterocycles. The molecule has 1 aliphatic heterocycles. The number of piperazine rings is 1. The number of hydrogen-bond acceptors (Lipinski definition) is 4. The Morgan fingerprint density at radius 2 is 1.70 bits per heavy atom. The molecule has 4 nitrogen and oxygen atoms in total. The zero-order chi connectivity index (χ0) is 14.8. The molecular weight excluding hydrogens is 340 g/mol. The van der Waals surface area contributed by atoms with Gasteiger partial charge < -0.3 is 4.90 Å². The van der Waals surface area contributed by atoms with Crippen LogP contribution in [0.3, 0.4) is 0 Å². The molecule has 0 N–H and O–H groups in total. The Morgan fingerprint density at radius 1 is 1.15 bits per heavy atom. The third-order valence-corrected chi connectivity index (χ3v) is 6.23. The number of likely N-dealkylation sites (N-methyl/N-ethyl adjacent to an activating group) is 1. The smallest absolute Gasteiger partial charge is 0.179 e. The van der Waals surface area contributed by atoms with Crippen molar-refractivity contribution in [3.8, 4) is 0 Å². The first-order chi connectivity index (χ1) is 9.38. The van der Waals surface area contributed by atoms with E-state index < -0.39 is 9.84 Å². The van der Waals surface area contributed by atoms with Crippen LogP contribution in [0.1, 0.15) is 6.92 Å². The van der Waals surface area contributed by atoms with Crippen LogP contribution in [0.25, 0.3) is 0 Å². The maximum atomic E-state index is 12.4.